The largest absolute Gasteiger partial charge is 0.312 e. The van der Waals surface area contributed by atoms with Gasteiger partial charge in [-0.25, -0.2) is 0 Å². The van der Waals surface area contributed by atoms with Crippen molar-refractivity contribution in [2.45, 2.75) is 26.3 Å². The van der Waals surface area contributed by atoms with Crippen LogP contribution in [0.1, 0.15) is 18.4 Å². The lowest BCUT2D eigenvalue weighted by Crippen LogP contribution is -2.17. The number of carbonyl (C=O) groups is 1. The molecule has 4 heteroatoms. The van der Waals surface area contributed by atoms with Crippen molar-refractivity contribution in [3.63, 3.8) is 0 Å². The number of aromatic nitrogens is 1. The standard InChI is InChI=1S/C15H16N2OS/c1-3-9-17-13-10(2)5-4-6-12(13)19-15(17)16-14(18)11-7-8-11/h3-6,11H,1,7-9H2,2H3. The highest BCUT2D eigenvalue weighted by atomic mass is 32.1. The average Bonchev–Trinajstić information content (AvgIpc) is 3.16. The molecule has 98 valence electrons. The van der Waals surface area contributed by atoms with E-state index in [-0.39, 0.29) is 11.8 Å². The number of nitrogens with zero attached hydrogens (tertiary/aromatic N) is 2. The van der Waals surface area contributed by atoms with E-state index in [1.165, 1.54) is 10.3 Å². The summed E-state index contributed by atoms with van der Waals surface area (Å²) in [5.41, 5.74) is 2.37. The molecule has 1 aromatic heterocycles. The van der Waals surface area contributed by atoms with Crippen molar-refractivity contribution in [3.05, 3.63) is 41.2 Å². The lowest BCUT2D eigenvalue weighted by molar-refractivity contribution is -0.119. The molecule has 1 aliphatic carbocycles. The van der Waals surface area contributed by atoms with Gasteiger partial charge in [-0.15, -0.1) is 6.58 Å². The molecular formula is C15H16N2OS. The Kier molecular flexibility index (Phi) is 3.11. The van der Waals surface area contributed by atoms with Gasteiger partial charge in [-0.05, 0) is 31.4 Å². The maximum Gasteiger partial charge on any atom is 0.251 e. The number of allylic oxidation sites excluding steroid dienone is 1. The minimum Gasteiger partial charge on any atom is -0.312 e. The summed E-state index contributed by atoms with van der Waals surface area (Å²) < 4.78 is 3.26. The molecule has 0 bridgehead atoms. The van der Waals surface area contributed by atoms with Crippen LogP contribution in [-0.2, 0) is 11.3 Å². The van der Waals surface area contributed by atoms with Crippen molar-refractivity contribution in [1.29, 1.82) is 0 Å². The molecule has 1 saturated carbocycles. The Morgan fingerprint density at radius 2 is 2.37 bits per heavy atom. The van der Waals surface area contributed by atoms with Crippen LogP contribution in [0.2, 0.25) is 0 Å². The van der Waals surface area contributed by atoms with Crippen LogP contribution in [-0.4, -0.2) is 10.5 Å². The summed E-state index contributed by atoms with van der Waals surface area (Å²) in [6, 6.07) is 6.20. The van der Waals surface area contributed by atoms with E-state index < -0.39 is 0 Å². The average molecular weight is 272 g/mol. The van der Waals surface area contributed by atoms with Crippen LogP contribution < -0.4 is 4.80 Å². The van der Waals surface area contributed by atoms with Crippen LogP contribution >= 0.6 is 11.3 Å². The quantitative estimate of drug-likeness (QED) is 0.791. The molecule has 0 atom stereocenters. The van der Waals surface area contributed by atoms with Crippen LogP contribution in [0.15, 0.2) is 35.8 Å². The first kappa shape index (κ1) is 12.4. The van der Waals surface area contributed by atoms with Crippen molar-refractivity contribution >= 4 is 27.5 Å². The zero-order chi connectivity index (χ0) is 13.4. The van der Waals surface area contributed by atoms with Crippen molar-refractivity contribution in [1.82, 2.24) is 4.57 Å². The first-order chi connectivity index (χ1) is 9.20. The fourth-order valence-corrected chi connectivity index (χ4v) is 3.33. The van der Waals surface area contributed by atoms with E-state index >= 15 is 0 Å². The van der Waals surface area contributed by atoms with Crippen molar-refractivity contribution in [2.75, 3.05) is 0 Å². The van der Waals surface area contributed by atoms with Gasteiger partial charge in [0.1, 0.15) is 0 Å². The second-order valence-corrected chi connectivity index (χ2v) is 5.94. The van der Waals surface area contributed by atoms with Crippen LogP contribution in [0.4, 0.5) is 0 Å². The Hall–Kier alpha value is -1.68. The molecule has 3 nitrogen and oxygen atoms in total. The summed E-state index contributed by atoms with van der Waals surface area (Å²) in [6.45, 7) is 6.56. The smallest absolute Gasteiger partial charge is 0.251 e. The van der Waals surface area contributed by atoms with E-state index in [1.807, 2.05) is 12.1 Å². The number of fused-ring (bicyclic) bond motifs is 1. The Morgan fingerprint density at radius 3 is 3.05 bits per heavy atom. The molecule has 3 rings (SSSR count). The van der Waals surface area contributed by atoms with Gasteiger partial charge in [-0.3, -0.25) is 4.79 Å². The summed E-state index contributed by atoms with van der Waals surface area (Å²) in [5.74, 6) is 0.200. The topological polar surface area (TPSA) is 34.4 Å². The summed E-state index contributed by atoms with van der Waals surface area (Å²) in [7, 11) is 0. The maximum atomic E-state index is 11.9. The highest BCUT2D eigenvalue weighted by molar-refractivity contribution is 7.16. The third-order valence-electron chi connectivity index (χ3n) is 3.35. The highest BCUT2D eigenvalue weighted by Crippen LogP contribution is 2.30. The number of amides is 1. The van der Waals surface area contributed by atoms with Crippen molar-refractivity contribution in [2.24, 2.45) is 10.9 Å². The van der Waals surface area contributed by atoms with E-state index in [9.17, 15) is 4.79 Å². The van der Waals surface area contributed by atoms with Crippen LogP contribution in [0, 0.1) is 12.8 Å². The van der Waals surface area contributed by atoms with Gasteiger partial charge in [0.05, 0.1) is 10.2 Å². The molecule has 1 amide bonds. The molecule has 1 heterocycles. The van der Waals surface area contributed by atoms with Gasteiger partial charge in [0.2, 0.25) is 0 Å². The molecule has 0 aliphatic heterocycles. The SMILES string of the molecule is C=CCn1c(=NC(=O)C2CC2)sc2cccc(C)c21. The zero-order valence-electron chi connectivity index (χ0n) is 10.9. The molecular weight excluding hydrogens is 256 g/mol. The van der Waals surface area contributed by atoms with Gasteiger partial charge in [-0.2, -0.15) is 4.99 Å². The van der Waals surface area contributed by atoms with Gasteiger partial charge < -0.3 is 4.57 Å². The molecule has 1 aromatic carbocycles. The Bertz CT molecular complexity index is 719. The van der Waals surface area contributed by atoms with E-state index in [0.717, 1.165) is 23.2 Å². The molecule has 0 radical (unpaired) electrons. The maximum absolute atomic E-state index is 11.9. The minimum atomic E-state index is 0.0296. The summed E-state index contributed by atoms with van der Waals surface area (Å²) in [5, 5.41) is 0. The monoisotopic (exact) mass is 272 g/mol. The van der Waals surface area contributed by atoms with Crippen molar-refractivity contribution < 1.29 is 4.79 Å². The fourth-order valence-electron chi connectivity index (χ4n) is 2.21. The third-order valence-corrected chi connectivity index (χ3v) is 4.39. The number of thiazole rings is 1. The minimum absolute atomic E-state index is 0.0296. The Morgan fingerprint density at radius 1 is 1.58 bits per heavy atom. The fraction of sp³-hybridized carbons (Fsp3) is 0.333. The lowest BCUT2D eigenvalue weighted by Gasteiger charge is -2.03. The molecule has 0 saturated heterocycles. The van der Waals surface area contributed by atoms with Gasteiger partial charge in [-0.1, -0.05) is 29.5 Å². The van der Waals surface area contributed by atoms with Crippen LogP contribution in [0.25, 0.3) is 10.2 Å². The summed E-state index contributed by atoms with van der Waals surface area (Å²) in [6.07, 6.45) is 3.83. The number of hydrogen-bond donors (Lipinski definition) is 0. The van der Waals surface area contributed by atoms with E-state index in [2.05, 4.69) is 35.2 Å². The first-order valence-electron chi connectivity index (χ1n) is 6.49. The molecule has 0 spiro atoms. The van der Waals surface area contributed by atoms with E-state index in [0.29, 0.717) is 6.54 Å². The second-order valence-electron chi connectivity index (χ2n) is 4.93. The second kappa shape index (κ2) is 4.78. The van der Waals surface area contributed by atoms with Gasteiger partial charge in [0.25, 0.3) is 5.91 Å². The zero-order valence-corrected chi connectivity index (χ0v) is 11.7. The Labute approximate surface area is 115 Å². The van der Waals surface area contributed by atoms with Crippen LogP contribution in [0.5, 0.6) is 0 Å². The van der Waals surface area contributed by atoms with Crippen LogP contribution in [0.3, 0.4) is 0 Å². The normalized spacial score (nSPS) is 15.9. The predicted octanol–water partition coefficient (Wildman–Crippen LogP) is 3.03. The molecule has 0 N–H and O–H groups in total. The molecule has 19 heavy (non-hydrogen) atoms. The summed E-state index contributed by atoms with van der Waals surface area (Å²) >= 11 is 1.58. The van der Waals surface area contributed by atoms with E-state index in [4.69, 9.17) is 0 Å². The summed E-state index contributed by atoms with van der Waals surface area (Å²) in [4.78, 5) is 17.0. The molecule has 0 unspecified atom stereocenters. The third kappa shape index (κ3) is 2.28. The predicted molar refractivity (Wildman–Crippen MR) is 78.0 cm³/mol. The number of benzene rings is 1. The van der Waals surface area contributed by atoms with Crippen molar-refractivity contribution in [3.8, 4) is 0 Å². The molecule has 2 aromatic rings. The molecule has 1 fully saturated rings. The highest BCUT2D eigenvalue weighted by Gasteiger charge is 2.29. The number of hydrogen-bond acceptors (Lipinski definition) is 2. The van der Waals surface area contributed by atoms with Gasteiger partial charge >= 0.3 is 0 Å². The van der Waals surface area contributed by atoms with Gasteiger partial charge in [0.15, 0.2) is 4.80 Å². The number of rotatable bonds is 3. The number of carbonyl (C=O) groups excluding carboxylic acids is 1. The number of para-hydroxylation sites is 1. The Balaban J connectivity index is 2.22. The van der Waals surface area contributed by atoms with Gasteiger partial charge in [0, 0.05) is 12.5 Å². The first-order valence-corrected chi connectivity index (χ1v) is 7.31. The van der Waals surface area contributed by atoms with E-state index in [1.54, 1.807) is 11.3 Å². The lowest BCUT2D eigenvalue weighted by atomic mass is 10.2. The number of aryl methyl sites for hydroxylation is 1. The molecule has 1 aliphatic rings.